The SMILES string of the molecule is CC(N)c1ccc(S(=O)(=O)c2ccccc2)s1. The molecule has 1 aromatic heterocycles. The molecule has 0 spiro atoms. The van der Waals surface area contributed by atoms with Crippen molar-refractivity contribution in [3.63, 3.8) is 0 Å². The summed E-state index contributed by atoms with van der Waals surface area (Å²) in [5.74, 6) is 0. The Bertz CT molecular complexity index is 600. The van der Waals surface area contributed by atoms with Crippen molar-refractivity contribution in [2.75, 3.05) is 0 Å². The minimum Gasteiger partial charge on any atom is -0.324 e. The molecule has 0 aliphatic rings. The third-order valence-electron chi connectivity index (χ3n) is 2.37. The van der Waals surface area contributed by atoms with Crippen molar-refractivity contribution in [1.29, 1.82) is 0 Å². The number of benzene rings is 1. The summed E-state index contributed by atoms with van der Waals surface area (Å²) < 4.78 is 24.8. The van der Waals surface area contributed by atoms with Crippen LogP contribution < -0.4 is 5.73 Å². The van der Waals surface area contributed by atoms with Crippen LogP contribution in [0.5, 0.6) is 0 Å². The molecule has 0 saturated carbocycles. The maximum atomic E-state index is 12.2. The Hall–Kier alpha value is -1.17. The second kappa shape index (κ2) is 4.60. The minimum atomic E-state index is -3.39. The Balaban J connectivity index is 2.46. The molecule has 0 aliphatic heterocycles. The van der Waals surface area contributed by atoms with Crippen LogP contribution >= 0.6 is 11.3 Å². The van der Waals surface area contributed by atoms with Crippen LogP contribution in [0.1, 0.15) is 17.8 Å². The van der Waals surface area contributed by atoms with Crippen molar-refractivity contribution >= 4 is 21.2 Å². The van der Waals surface area contributed by atoms with Crippen molar-refractivity contribution in [2.45, 2.75) is 22.1 Å². The molecule has 0 saturated heterocycles. The predicted molar refractivity (Wildman–Crippen MR) is 68.8 cm³/mol. The van der Waals surface area contributed by atoms with E-state index in [1.165, 1.54) is 11.3 Å². The van der Waals surface area contributed by atoms with E-state index in [2.05, 4.69) is 0 Å². The summed E-state index contributed by atoms with van der Waals surface area (Å²) in [7, 11) is -3.39. The lowest BCUT2D eigenvalue weighted by atomic mass is 10.3. The van der Waals surface area contributed by atoms with E-state index in [0.29, 0.717) is 9.10 Å². The highest BCUT2D eigenvalue weighted by Gasteiger charge is 2.20. The zero-order valence-electron chi connectivity index (χ0n) is 9.33. The van der Waals surface area contributed by atoms with Gasteiger partial charge in [-0.3, -0.25) is 0 Å². The predicted octanol–water partition coefficient (Wildman–Crippen LogP) is 2.60. The molecule has 2 rings (SSSR count). The Kier molecular flexibility index (Phi) is 3.33. The first-order valence-corrected chi connectivity index (χ1v) is 7.47. The van der Waals surface area contributed by atoms with Crippen molar-refractivity contribution in [2.24, 2.45) is 5.73 Å². The molecule has 90 valence electrons. The standard InChI is InChI=1S/C12H13NO2S2/c1-9(13)11-7-8-12(16-11)17(14,15)10-5-3-2-4-6-10/h2-9H,13H2,1H3. The highest BCUT2D eigenvalue weighted by Crippen LogP contribution is 2.29. The molecule has 2 aromatic rings. The largest absolute Gasteiger partial charge is 0.324 e. The third kappa shape index (κ3) is 2.41. The quantitative estimate of drug-likeness (QED) is 0.930. The van der Waals surface area contributed by atoms with Gasteiger partial charge in [0, 0.05) is 10.9 Å². The van der Waals surface area contributed by atoms with Crippen LogP contribution in [0.2, 0.25) is 0 Å². The zero-order valence-corrected chi connectivity index (χ0v) is 11.0. The van der Waals surface area contributed by atoms with Crippen LogP contribution in [0.3, 0.4) is 0 Å². The van der Waals surface area contributed by atoms with E-state index < -0.39 is 9.84 Å². The Morgan fingerprint density at radius 3 is 2.29 bits per heavy atom. The number of hydrogen-bond donors (Lipinski definition) is 1. The van der Waals surface area contributed by atoms with Gasteiger partial charge in [-0.15, -0.1) is 11.3 Å². The van der Waals surface area contributed by atoms with Crippen LogP contribution in [0, 0.1) is 0 Å². The molecular formula is C12H13NO2S2. The summed E-state index contributed by atoms with van der Waals surface area (Å²) in [5, 5.41) is 0. The molecule has 3 nitrogen and oxygen atoms in total. The van der Waals surface area contributed by atoms with E-state index in [9.17, 15) is 8.42 Å². The molecule has 0 radical (unpaired) electrons. The Morgan fingerprint density at radius 1 is 1.12 bits per heavy atom. The van der Waals surface area contributed by atoms with Gasteiger partial charge in [0.2, 0.25) is 9.84 Å². The monoisotopic (exact) mass is 267 g/mol. The first kappa shape index (κ1) is 12.3. The van der Waals surface area contributed by atoms with E-state index in [0.717, 1.165) is 4.88 Å². The van der Waals surface area contributed by atoms with E-state index in [1.807, 2.05) is 6.92 Å². The van der Waals surface area contributed by atoms with Gasteiger partial charge in [0.05, 0.1) is 4.90 Å². The maximum Gasteiger partial charge on any atom is 0.215 e. The number of thiophene rings is 1. The van der Waals surface area contributed by atoms with Crippen molar-refractivity contribution in [3.8, 4) is 0 Å². The van der Waals surface area contributed by atoms with E-state index >= 15 is 0 Å². The van der Waals surface area contributed by atoms with Crippen LogP contribution in [-0.2, 0) is 9.84 Å². The molecule has 5 heteroatoms. The maximum absolute atomic E-state index is 12.2. The summed E-state index contributed by atoms with van der Waals surface area (Å²) in [4.78, 5) is 1.19. The topological polar surface area (TPSA) is 60.2 Å². The van der Waals surface area contributed by atoms with Crippen molar-refractivity contribution < 1.29 is 8.42 Å². The van der Waals surface area contributed by atoms with Gasteiger partial charge in [-0.2, -0.15) is 0 Å². The minimum absolute atomic E-state index is 0.139. The average molecular weight is 267 g/mol. The third-order valence-corrected chi connectivity index (χ3v) is 5.92. The van der Waals surface area contributed by atoms with Crippen LogP contribution in [-0.4, -0.2) is 8.42 Å². The van der Waals surface area contributed by atoms with Crippen LogP contribution in [0.25, 0.3) is 0 Å². The zero-order chi connectivity index (χ0) is 12.5. The first-order chi connectivity index (χ1) is 8.01. The molecule has 17 heavy (non-hydrogen) atoms. The second-order valence-electron chi connectivity index (χ2n) is 3.76. The number of nitrogens with two attached hydrogens (primary N) is 1. The summed E-state index contributed by atoms with van der Waals surface area (Å²) in [5.41, 5.74) is 5.72. The molecule has 0 fully saturated rings. The number of hydrogen-bond acceptors (Lipinski definition) is 4. The molecule has 2 N–H and O–H groups in total. The number of rotatable bonds is 3. The van der Waals surface area contributed by atoms with E-state index in [1.54, 1.807) is 42.5 Å². The Labute approximate surface area is 105 Å². The molecule has 0 aliphatic carbocycles. The molecule has 1 atom stereocenters. The van der Waals surface area contributed by atoms with Crippen molar-refractivity contribution in [3.05, 3.63) is 47.3 Å². The van der Waals surface area contributed by atoms with Crippen LogP contribution in [0.4, 0.5) is 0 Å². The highest BCUT2D eigenvalue weighted by molar-refractivity contribution is 7.93. The van der Waals surface area contributed by atoms with Gasteiger partial charge in [0.1, 0.15) is 4.21 Å². The first-order valence-electron chi connectivity index (χ1n) is 5.17. The van der Waals surface area contributed by atoms with Gasteiger partial charge in [0.25, 0.3) is 0 Å². The summed E-state index contributed by atoms with van der Waals surface area (Å²) in [6.07, 6.45) is 0. The van der Waals surface area contributed by atoms with Crippen LogP contribution in [0.15, 0.2) is 51.6 Å². The van der Waals surface area contributed by atoms with E-state index in [4.69, 9.17) is 5.73 Å². The average Bonchev–Trinajstić information content (AvgIpc) is 2.80. The smallest absolute Gasteiger partial charge is 0.215 e. The fraction of sp³-hybridized carbons (Fsp3) is 0.167. The molecular weight excluding hydrogens is 254 g/mol. The lowest BCUT2D eigenvalue weighted by molar-refractivity contribution is 0.598. The fourth-order valence-corrected chi connectivity index (χ4v) is 4.14. The summed E-state index contributed by atoms with van der Waals surface area (Å²) in [6, 6.07) is 11.7. The van der Waals surface area contributed by atoms with Gasteiger partial charge < -0.3 is 5.73 Å². The summed E-state index contributed by atoms with van der Waals surface area (Å²) in [6.45, 7) is 1.84. The van der Waals surface area contributed by atoms with Gasteiger partial charge in [-0.25, -0.2) is 8.42 Å². The molecule has 0 bridgehead atoms. The molecule has 1 unspecified atom stereocenters. The molecule has 1 heterocycles. The van der Waals surface area contributed by atoms with E-state index in [-0.39, 0.29) is 6.04 Å². The lowest BCUT2D eigenvalue weighted by Crippen LogP contribution is -2.02. The second-order valence-corrected chi connectivity index (χ2v) is 7.05. The summed E-state index contributed by atoms with van der Waals surface area (Å²) >= 11 is 1.23. The highest BCUT2D eigenvalue weighted by atomic mass is 32.2. The fourth-order valence-electron chi connectivity index (χ4n) is 1.44. The van der Waals surface area contributed by atoms with Gasteiger partial charge in [0.15, 0.2) is 0 Å². The van der Waals surface area contributed by atoms with Gasteiger partial charge >= 0.3 is 0 Å². The Morgan fingerprint density at radius 2 is 1.76 bits per heavy atom. The van der Waals surface area contributed by atoms with Gasteiger partial charge in [-0.1, -0.05) is 18.2 Å². The number of sulfone groups is 1. The molecule has 0 amide bonds. The normalized spacial score (nSPS) is 13.5. The van der Waals surface area contributed by atoms with Gasteiger partial charge in [-0.05, 0) is 31.2 Å². The molecule has 1 aromatic carbocycles. The van der Waals surface area contributed by atoms with Crippen molar-refractivity contribution in [1.82, 2.24) is 0 Å². The lowest BCUT2D eigenvalue weighted by Gasteiger charge is -2.01.